The first-order valence-corrected chi connectivity index (χ1v) is 8.60. The number of unbranched alkanes of at least 4 members (excludes halogenated alkanes) is 1. The Morgan fingerprint density at radius 2 is 2.14 bits per heavy atom. The normalized spacial score (nSPS) is 12.9. The van der Waals surface area contributed by atoms with Crippen LogP contribution >= 0.6 is 11.3 Å². The molecule has 0 saturated heterocycles. The van der Waals surface area contributed by atoms with Crippen LogP contribution in [0.4, 0.5) is 0 Å². The molecule has 118 valence electrons. The van der Waals surface area contributed by atoms with Gasteiger partial charge in [0.15, 0.2) is 0 Å². The second kappa shape index (κ2) is 7.53. The van der Waals surface area contributed by atoms with Gasteiger partial charge in [-0.25, -0.2) is 13.2 Å². The number of rotatable bonds is 8. The topological polar surface area (TPSA) is 110 Å². The highest BCUT2D eigenvalue weighted by atomic mass is 32.2. The predicted molar refractivity (Wildman–Crippen MR) is 76.9 cm³/mol. The fraction of sp³-hybridized carbons (Fsp3) is 0.500. The fourth-order valence-electron chi connectivity index (χ4n) is 1.57. The maximum absolute atomic E-state index is 12.1. The van der Waals surface area contributed by atoms with Crippen LogP contribution in [-0.2, 0) is 19.6 Å². The molecule has 9 heteroatoms. The van der Waals surface area contributed by atoms with Gasteiger partial charge in [-0.05, 0) is 12.5 Å². The van der Waals surface area contributed by atoms with E-state index in [1.54, 1.807) is 0 Å². The number of thiophene rings is 1. The number of ether oxygens (including phenoxy) is 1. The van der Waals surface area contributed by atoms with Gasteiger partial charge in [-0.1, -0.05) is 19.8 Å². The Hall–Kier alpha value is -1.45. The zero-order valence-electron chi connectivity index (χ0n) is 11.7. The van der Waals surface area contributed by atoms with Crippen LogP contribution in [0, 0.1) is 0 Å². The lowest BCUT2D eigenvalue weighted by molar-refractivity contribution is -0.139. The maximum Gasteiger partial charge on any atom is 0.338 e. The monoisotopic (exact) mass is 335 g/mol. The third-order valence-corrected chi connectivity index (χ3v) is 5.61. The molecule has 2 N–H and O–H groups in total. The molecule has 1 atom stereocenters. The van der Waals surface area contributed by atoms with E-state index in [2.05, 4.69) is 9.46 Å². The number of carboxylic acid groups (broad SMARTS) is 1. The van der Waals surface area contributed by atoms with E-state index < -0.39 is 28.0 Å². The largest absolute Gasteiger partial charge is 0.480 e. The van der Waals surface area contributed by atoms with E-state index in [1.165, 1.54) is 12.5 Å². The Morgan fingerprint density at radius 1 is 1.48 bits per heavy atom. The molecule has 0 aromatic carbocycles. The first-order valence-electron chi connectivity index (χ1n) is 6.23. The van der Waals surface area contributed by atoms with E-state index in [0.717, 1.165) is 23.8 Å². The molecule has 1 rings (SSSR count). The first-order chi connectivity index (χ1) is 9.81. The second-order valence-electron chi connectivity index (χ2n) is 4.30. The Bertz CT molecular complexity index is 607. The Balaban J connectivity index is 2.91. The molecule has 0 saturated carbocycles. The molecule has 7 nitrogen and oxygen atoms in total. The molecule has 21 heavy (non-hydrogen) atoms. The third kappa shape index (κ3) is 4.80. The van der Waals surface area contributed by atoms with Gasteiger partial charge in [0.1, 0.15) is 10.3 Å². The highest BCUT2D eigenvalue weighted by molar-refractivity contribution is 7.91. The number of nitrogens with one attached hydrogen (secondary N) is 1. The van der Waals surface area contributed by atoms with Crippen LogP contribution < -0.4 is 4.72 Å². The number of esters is 1. The molecule has 1 aromatic heterocycles. The SMILES string of the molecule is CCCC[C@H](NS(=O)(=O)c1cc(C(=O)OC)cs1)C(=O)O. The van der Waals surface area contributed by atoms with Crippen LogP contribution in [0.2, 0.25) is 0 Å². The molecule has 1 heterocycles. The van der Waals surface area contributed by atoms with Crippen molar-refractivity contribution in [1.29, 1.82) is 0 Å². The Morgan fingerprint density at radius 3 is 2.67 bits per heavy atom. The van der Waals surface area contributed by atoms with Crippen LogP contribution in [0.3, 0.4) is 0 Å². The van der Waals surface area contributed by atoms with Gasteiger partial charge in [0.25, 0.3) is 10.0 Å². The van der Waals surface area contributed by atoms with Gasteiger partial charge in [0, 0.05) is 5.38 Å². The smallest absolute Gasteiger partial charge is 0.338 e. The second-order valence-corrected chi connectivity index (χ2v) is 7.15. The van der Waals surface area contributed by atoms with Crippen molar-refractivity contribution >= 4 is 33.3 Å². The van der Waals surface area contributed by atoms with Crippen LogP contribution in [0.15, 0.2) is 15.7 Å². The van der Waals surface area contributed by atoms with Crippen LogP contribution in [0.5, 0.6) is 0 Å². The fourth-order valence-corrected chi connectivity index (χ4v) is 3.96. The maximum atomic E-state index is 12.1. The molecule has 0 radical (unpaired) electrons. The number of hydrogen-bond donors (Lipinski definition) is 2. The minimum absolute atomic E-state index is 0.114. The Labute approximate surface area is 127 Å². The van der Waals surface area contributed by atoms with Crippen molar-refractivity contribution in [2.75, 3.05) is 7.11 Å². The predicted octanol–water partition coefficient (Wildman–Crippen LogP) is 1.46. The summed E-state index contributed by atoms with van der Waals surface area (Å²) in [5.41, 5.74) is 0.114. The van der Waals surface area contributed by atoms with Gasteiger partial charge < -0.3 is 9.84 Å². The minimum Gasteiger partial charge on any atom is -0.480 e. The Kier molecular flexibility index (Phi) is 6.31. The van der Waals surface area contributed by atoms with E-state index >= 15 is 0 Å². The quantitative estimate of drug-likeness (QED) is 0.696. The summed E-state index contributed by atoms with van der Waals surface area (Å²) in [5.74, 6) is -1.87. The lowest BCUT2D eigenvalue weighted by Crippen LogP contribution is -2.40. The number of sulfonamides is 1. The molecule has 1 aromatic rings. The first kappa shape index (κ1) is 17.6. The number of carbonyl (C=O) groups excluding carboxylic acids is 1. The molecule has 0 unspecified atom stereocenters. The van der Waals surface area contributed by atoms with E-state index in [1.807, 2.05) is 6.92 Å². The molecule has 0 bridgehead atoms. The van der Waals surface area contributed by atoms with E-state index in [4.69, 9.17) is 5.11 Å². The summed E-state index contributed by atoms with van der Waals surface area (Å²) < 4.78 is 30.8. The molecular formula is C12H17NO6S2. The van der Waals surface area contributed by atoms with Crippen molar-refractivity contribution in [3.05, 3.63) is 17.0 Å². The molecule has 0 fully saturated rings. The molecule has 0 aliphatic heterocycles. The van der Waals surface area contributed by atoms with Crippen LogP contribution in [0.1, 0.15) is 36.5 Å². The average molecular weight is 335 g/mol. The van der Waals surface area contributed by atoms with Crippen molar-refractivity contribution in [1.82, 2.24) is 4.72 Å². The molecule has 0 amide bonds. The van der Waals surface area contributed by atoms with E-state index in [-0.39, 0.29) is 16.2 Å². The van der Waals surface area contributed by atoms with Crippen molar-refractivity contribution in [2.45, 2.75) is 36.4 Å². The van der Waals surface area contributed by atoms with Gasteiger partial charge >= 0.3 is 11.9 Å². The molecule has 0 spiro atoms. The summed E-state index contributed by atoms with van der Waals surface area (Å²) in [7, 11) is -2.78. The van der Waals surface area contributed by atoms with Gasteiger partial charge in [-0.15, -0.1) is 11.3 Å². The highest BCUT2D eigenvalue weighted by Gasteiger charge is 2.26. The van der Waals surface area contributed by atoms with Crippen LogP contribution in [0.25, 0.3) is 0 Å². The van der Waals surface area contributed by atoms with Crippen molar-refractivity contribution in [3.63, 3.8) is 0 Å². The van der Waals surface area contributed by atoms with E-state index in [9.17, 15) is 18.0 Å². The molecular weight excluding hydrogens is 318 g/mol. The summed E-state index contributed by atoms with van der Waals surface area (Å²) in [6.07, 6.45) is 1.56. The summed E-state index contributed by atoms with van der Waals surface area (Å²) in [4.78, 5) is 22.4. The van der Waals surface area contributed by atoms with Crippen molar-refractivity contribution in [3.8, 4) is 0 Å². The zero-order chi connectivity index (χ0) is 16.0. The number of aliphatic carboxylic acids is 1. The van der Waals surface area contributed by atoms with Gasteiger partial charge in [-0.2, -0.15) is 4.72 Å². The minimum atomic E-state index is -3.98. The lowest BCUT2D eigenvalue weighted by atomic mass is 10.1. The standard InChI is InChI=1S/C12H17NO6S2/c1-3-4-5-9(11(14)15)13-21(17,18)10-6-8(7-20-10)12(16)19-2/h6-7,9,13H,3-5H2,1-2H3,(H,14,15)/t9-/m0/s1. The third-order valence-electron chi connectivity index (χ3n) is 2.70. The highest BCUT2D eigenvalue weighted by Crippen LogP contribution is 2.21. The summed E-state index contributed by atoms with van der Waals surface area (Å²) >= 11 is 0.834. The van der Waals surface area contributed by atoms with Crippen molar-refractivity contribution in [2.24, 2.45) is 0 Å². The lowest BCUT2D eigenvalue weighted by Gasteiger charge is -2.13. The number of carbonyl (C=O) groups is 2. The number of hydrogen-bond acceptors (Lipinski definition) is 6. The van der Waals surface area contributed by atoms with Crippen molar-refractivity contribution < 1.29 is 27.9 Å². The molecule has 0 aliphatic rings. The van der Waals surface area contributed by atoms with E-state index in [0.29, 0.717) is 6.42 Å². The van der Waals surface area contributed by atoms with Gasteiger partial charge in [0.05, 0.1) is 12.7 Å². The van der Waals surface area contributed by atoms with Gasteiger partial charge in [-0.3, -0.25) is 4.79 Å². The summed E-state index contributed by atoms with van der Waals surface area (Å²) in [6.45, 7) is 1.88. The van der Waals surface area contributed by atoms with Crippen LogP contribution in [-0.4, -0.2) is 38.6 Å². The zero-order valence-corrected chi connectivity index (χ0v) is 13.3. The number of methoxy groups -OCH3 is 1. The summed E-state index contributed by atoms with van der Waals surface area (Å²) in [5, 5.41) is 10.4. The van der Waals surface area contributed by atoms with Gasteiger partial charge in [0.2, 0.25) is 0 Å². The number of carboxylic acids is 1. The average Bonchev–Trinajstić information content (AvgIpc) is 2.92. The summed E-state index contributed by atoms with van der Waals surface area (Å²) in [6, 6.07) is -0.0176. The molecule has 0 aliphatic carbocycles.